The van der Waals surface area contributed by atoms with E-state index in [9.17, 15) is 14.4 Å². The third-order valence-electron chi connectivity index (χ3n) is 7.64. The average molecular weight is 501 g/mol. The Morgan fingerprint density at radius 3 is 2.76 bits per heavy atom. The smallest absolute Gasteiger partial charge is 0.317 e. The number of fused-ring (bicyclic) bond motifs is 2. The van der Waals surface area contributed by atoms with Crippen molar-refractivity contribution in [3.8, 4) is 0 Å². The number of hydrogen-bond acceptors (Lipinski definition) is 5. The van der Waals surface area contributed by atoms with E-state index in [0.29, 0.717) is 24.4 Å². The maximum absolute atomic E-state index is 13.8. The van der Waals surface area contributed by atoms with Crippen molar-refractivity contribution < 1.29 is 23.5 Å². The Bertz CT molecular complexity index is 1320. The molecule has 1 N–H and O–H groups in total. The van der Waals surface area contributed by atoms with Crippen LogP contribution >= 0.6 is 0 Å². The minimum Gasteiger partial charge on any atom is -0.468 e. The molecule has 1 aliphatic heterocycles. The molecule has 1 aliphatic carbocycles. The molecule has 2 heterocycles. The monoisotopic (exact) mass is 500 g/mol. The third-order valence-corrected chi connectivity index (χ3v) is 7.64. The second kappa shape index (κ2) is 10.6. The number of amides is 2. The second-order valence-electron chi connectivity index (χ2n) is 9.93. The Morgan fingerprint density at radius 1 is 1.11 bits per heavy atom. The van der Waals surface area contributed by atoms with Gasteiger partial charge >= 0.3 is 5.97 Å². The number of nitrogens with one attached hydrogen (secondary N) is 1. The van der Waals surface area contributed by atoms with Crippen molar-refractivity contribution in [2.24, 2.45) is 11.3 Å². The molecule has 2 aliphatic rings. The normalized spacial score (nSPS) is 21.6. The first-order chi connectivity index (χ1) is 18.0. The molecular weight excluding hydrogens is 468 g/mol. The zero-order chi connectivity index (χ0) is 25.8. The Kier molecular flexibility index (Phi) is 7.12. The number of esters is 1. The van der Waals surface area contributed by atoms with Crippen molar-refractivity contribution in [2.45, 2.75) is 51.6 Å². The third kappa shape index (κ3) is 4.90. The van der Waals surface area contributed by atoms with E-state index in [0.717, 1.165) is 35.6 Å². The lowest BCUT2D eigenvalue weighted by molar-refractivity contribution is -0.160. The minimum atomic E-state index is -0.952. The lowest BCUT2D eigenvalue weighted by Crippen LogP contribution is -2.53. The molecule has 2 atom stereocenters. The lowest BCUT2D eigenvalue weighted by Gasteiger charge is -2.45. The van der Waals surface area contributed by atoms with Crippen molar-refractivity contribution in [3.05, 3.63) is 84.0 Å². The van der Waals surface area contributed by atoms with Crippen LogP contribution in [-0.4, -0.2) is 29.8 Å². The van der Waals surface area contributed by atoms with E-state index in [4.69, 9.17) is 9.15 Å². The topological polar surface area (TPSA) is 88.8 Å². The van der Waals surface area contributed by atoms with Gasteiger partial charge in [0.05, 0.1) is 19.9 Å². The van der Waals surface area contributed by atoms with Crippen LogP contribution < -0.4 is 5.32 Å². The molecule has 7 nitrogen and oxygen atoms in total. The molecule has 5 rings (SSSR count). The average Bonchev–Trinajstić information content (AvgIpc) is 3.34. The zero-order valence-corrected chi connectivity index (χ0v) is 21.1. The molecule has 7 heteroatoms. The van der Waals surface area contributed by atoms with Gasteiger partial charge in [-0.15, -0.1) is 0 Å². The number of allylic oxidation sites excluding steroid dienone is 1. The minimum absolute atomic E-state index is 0.00424. The van der Waals surface area contributed by atoms with Gasteiger partial charge in [-0.05, 0) is 54.2 Å². The molecular formula is C30H32N2O5. The van der Waals surface area contributed by atoms with Crippen molar-refractivity contribution in [1.29, 1.82) is 0 Å². The summed E-state index contributed by atoms with van der Waals surface area (Å²) >= 11 is 0. The molecule has 2 aromatic carbocycles. The van der Waals surface area contributed by atoms with Gasteiger partial charge in [-0.1, -0.05) is 55.0 Å². The van der Waals surface area contributed by atoms with E-state index in [1.54, 1.807) is 17.2 Å². The highest BCUT2D eigenvalue weighted by Crippen LogP contribution is 2.49. The molecule has 0 bridgehead atoms. The number of piperidine rings is 1. The van der Waals surface area contributed by atoms with Crippen LogP contribution in [0.15, 0.2) is 77.1 Å². The summed E-state index contributed by atoms with van der Waals surface area (Å²) in [4.78, 5) is 41.8. The van der Waals surface area contributed by atoms with E-state index >= 15 is 0 Å². The van der Waals surface area contributed by atoms with Gasteiger partial charge in [0.25, 0.3) is 0 Å². The summed E-state index contributed by atoms with van der Waals surface area (Å²) < 4.78 is 10.8. The van der Waals surface area contributed by atoms with Crippen molar-refractivity contribution >= 4 is 28.6 Å². The summed E-state index contributed by atoms with van der Waals surface area (Å²) in [5.74, 6) is -0.747. The number of furan rings is 1. The van der Waals surface area contributed by atoms with Crippen LogP contribution in [0.3, 0.4) is 0 Å². The summed E-state index contributed by atoms with van der Waals surface area (Å²) in [5, 5.41) is 5.19. The van der Waals surface area contributed by atoms with E-state index in [-0.39, 0.29) is 37.2 Å². The maximum Gasteiger partial charge on any atom is 0.317 e. The molecule has 0 spiro atoms. The number of likely N-dealkylation sites (tertiary alicyclic amines) is 1. The predicted octanol–water partition coefficient (Wildman–Crippen LogP) is 5.11. The fourth-order valence-electron chi connectivity index (χ4n) is 5.86. The first-order valence-corrected chi connectivity index (χ1v) is 12.9. The van der Waals surface area contributed by atoms with Crippen molar-refractivity contribution in [1.82, 2.24) is 10.2 Å². The standard InChI is InChI=1S/C30H32N2O5/c1-36-29(35)30-15-6-2-3-14-26(30)32(20-24-12-8-16-37-24)28(34)23(18-30)17-27(33)31-19-22-11-7-10-21-9-4-5-13-25(21)22/h4-5,7-14,16,23H,2-3,6,15,17-20H2,1H3,(H,31,33)/t23-,30+/m1/s1. The van der Waals surface area contributed by atoms with Gasteiger partial charge in [0.2, 0.25) is 11.8 Å². The van der Waals surface area contributed by atoms with Crippen LogP contribution in [0.25, 0.3) is 10.8 Å². The molecule has 1 aromatic heterocycles. The lowest BCUT2D eigenvalue weighted by atomic mass is 9.69. The first-order valence-electron chi connectivity index (χ1n) is 12.9. The summed E-state index contributed by atoms with van der Waals surface area (Å²) in [5.41, 5.74) is 0.748. The molecule has 1 fully saturated rings. The fourth-order valence-corrected chi connectivity index (χ4v) is 5.86. The Hall–Kier alpha value is -3.87. The highest BCUT2D eigenvalue weighted by Gasteiger charge is 2.54. The number of rotatable bonds is 7. The number of methoxy groups -OCH3 is 1. The van der Waals surface area contributed by atoms with Gasteiger partial charge in [-0.2, -0.15) is 0 Å². The molecule has 0 radical (unpaired) electrons. The molecule has 0 saturated carbocycles. The van der Waals surface area contributed by atoms with Gasteiger partial charge < -0.3 is 19.4 Å². The van der Waals surface area contributed by atoms with Gasteiger partial charge in [0, 0.05) is 24.6 Å². The maximum atomic E-state index is 13.8. The molecule has 0 unspecified atom stereocenters. The SMILES string of the molecule is COC(=O)[C@]12CCCCC=C1N(Cc1ccco1)C(=O)[C@H](CC(=O)NCc1cccc3ccccc13)C2. The Balaban J connectivity index is 1.39. The van der Waals surface area contributed by atoms with E-state index in [1.807, 2.05) is 54.6 Å². The molecule has 2 amide bonds. The molecule has 3 aromatic rings. The van der Waals surface area contributed by atoms with Gasteiger partial charge in [-0.3, -0.25) is 14.4 Å². The van der Waals surface area contributed by atoms with E-state index in [1.165, 1.54) is 7.11 Å². The van der Waals surface area contributed by atoms with Crippen molar-refractivity contribution in [3.63, 3.8) is 0 Å². The van der Waals surface area contributed by atoms with Gasteiger partial charge in [0.1, 0.15) is 11.2 Å². The van der Waals surface area contributed by atoms with Crippen LogP contribution in [0.2, 0.25) is 0 Å². The van der Waals surface area contributed by atoms with Crippen LogP contribution in [0, 0.1) is 11.3 Å². The van der Waals surface area contributed by atoms with Crippen LogP contribution in [0.4, 0.5) is 0 Å². The number of nitrogens with zero attached hydrogens (tertiary/aromatic N) is 1. The van der Waals surface area contributed by atoms with Gasteiger partial charge in [0.15, 0.2) is 0 Å². The quantitative estimate of drug-likeness (QED) is 0.456. The molecule has 192 valence electrons. The van der Waals surface area contributed by atoms with Crippen LogP contribution in [0.1, 0.15) is 49.8 Å². The first kappa shape index (κ1) is 24.8. The predicted molar refractivity (Wildman–Crippen MR) is 139 cm³/mol. The van der Waals surface area contributed by atoms with Crippen LogP contribution in [-0.2, 0) is 32.2 Å². The number of benzene rings is 2. The highest BCUT2D eigenvalue weighted by atomic mass is 16.5. The molecule has 37 heavy (non-hydrogen) atoms. The van der Waals surface area contributed by atoms with Crippen molar-refractivity contribution in [2.75, 3.05) is 7.11 Å². The summed E-state index contributed by atoms with van der Waals surface area (Å²) in [7, 11) is 1.39. The fraction of sp³-hybridized carbons (Fsp3) is 0.367. The number of carbonyl (C=O) groups excluding carboxylic acids is 3. The summed E-state index contributed by atoms with van der Waals surface area (Å²) in [6.07, 6.45) is 6.98. The van der Waals surface area contributed by atoms with Crippen LogP contribution in [0.5, 0.6) is 0 Å². The van der Waals surface area contributed by atoms with E-state index < -0.39 is 11.3 Å². The zero-order valence-electron chi connectivity index (χ0n) is 21.1. The Morgan fingerprint density at radius 2 is 1.95 bits per heavy atom. The highest BCUT2D eigenvalue weighted by molar-refractivity contribution is 5.92. The largest absolute Gasteiger partial charge is 0.468 e. The summed E-state index contributed by atoms with van der Waals surface area (Å²) in [6.45, 7) is 0.578. The number of hydrogen-bond donors (Lipinski definition) is 1. The number of ether oxygens (including phenoxy) is 1. The second-order valence-corrected chi connectivity index (χ2v) is 9.93. The summed E-state index contributed by atoms with van der Waals surface area (Å²) in [6, 6.07) is 17.6. The Labute approximate surface area is 216 Å². The van der Waals surface area contributed by atoms with Gasteiger partial charge in [-0.25, -0.2) is 0 Å². The molecule has 1 saturated heterocycles. The van der Waals surface area contributed by atoms with E-state index in [2.05, 4.69) is 5.32 Å². The number of carbonyl (C=O) groups is 3.